The molecular formula is C21H19ClN4O5. The number of carbonyl (C=O) groups excluding carboxylic acids is 1. The van der Waals surface area contributed by atoms with Gasteiger partial charge in [0, 0.05) is 25.3 Å². The average molecular weight is 443 g/mol. The van der Waals surface area contributed by atoms with Crippen LogP contribution < -0.4 is 5.56 Å². The second kappa shape index (κ2) is 8.83. The first-order chi connectivity index (χ1) is 14.9. The number of aromatic amines is 1. The van der Waals surface area contributed by atoms with Crippen LogP contribution in [0.1, 0.15) is 29.0 Å². The Bertz CT molecular complexity index is 1210. The highest BCUT2D eigenvalue weighted by Gasteiger charge is 2.26. The Morgan fingerprint density at radius 3 is 2.84 bits per heavy atom. The Hall–Kier alpha value is -3.30. The summed E-state index contributed by atoms with van der Waals surface area (Å²) in [5, 5.41) is 11.4. The first-order valence-corrected chi connectivity index (χ1v) is 10.1. The van der Waals surface area contributed by atoms with Crippen molar-refractivity contribution < 1.29 is 14.5 Å². The van der Waals surface area contributed by atoms with Gasteiger partial charge in [0.25, 0.3) is 17.2 Å². The van der Waals surface area contributed by atoms with E-state index in [0.717, 1.165) is 18.9 Å². The van der Waals surface area contributed by atoms with Crippen LogP contribution in [0.3, 0.4) is 0 Å². The van der Waals surface area contributed by atoms with Crippen LogP contribution in [0.5, 0.6) is 0 Å². The summed E-state index contributed by atoms with van der Waals surface area (Å²) in [6.07, 6.45) is 1.56. The molecule has 1 atom stereocenters. The number of hydrogen-bond acceptors (Lipinski definition) is 6. The van der Waals surface area contributed by atoms with E-state index in [1.807, 2.05) is 0 Å². The Balaban J connectivity index is 1.66. The number of aromatic nitrogens is 2. The number of nitro benzene ring substituents is 1. The number of hydrogen-bond donors (Lipinski definition) is 1. The van der Waals surface area contributed by atoms with E-state index in [1.54, 1.807) is 24.3 Å². The summed E-state index contributed by atoms with van der Waals surface area (Å²) in [5.41, 5.74) is 0.166. The van der Waals surface area contributed by atoms with Crippen LogP contribution in [-0.4, -0.2) is 45.0 Å². The lowest BCUT2D eigenvalue weighted by Gasteiger charge is -2.25. The van der Waals surface area contributed by atoms with Gasteiger partial charge in [-0.2, -0.15) is 0 Å². The summed E-state index contributed by atoms with van der Waals surface area (Å²) in [5.74, 6) is -0.0979. The van der Waals surface area contributed by atoms with Crippen molar-refractivity contribution in [2.45, 2.75) is 25.5 Å². The minimum Gasteiger partial charge on any atom is -0.376 e. The topological polar surface area (TPSA) is 118 Å². The van der Waals surface area contributed by atoms with Crippen molar-refractivity contribution >= 4 is 34.1 Å². The molecule has 3 aromatic rings. The Morgan fingerprint density at radius 2 is 2.13 bits per heavy atom. The molecule has 2 aromatic carbocycles. The van der Waals surface area contributed by atoms with Crippen LogP contribution >= 0.6 is 11.6 Å². The summed E-state index contributed by atoms with van der Waals surface area (Å²) in [4.78, 5) is 44.8. The molecule has 10 heteroatoms. The van der Waals surface area contributed by atoms with E-state index < -0.39 is 10.8 Å². The predicted molar refractivity (Wildman–Crippen MR) is 114 cm³/mol. The van der Waals surface area contributed by atoms with Crippen molar-refractivity contribution in [3.63, 3.8) is 0 Å². The van der Waals surface area contributed by atoms with E-state index in [1.165, 1.54) is 17.0 Å². The molecule has 0 radical (unpaired) electrons. The fraction of sp³-hybridized carbons (Fsp3) is 0.286. The van der Waals surface area contributed by atoms with Crippen LogP contribution in [-0.2, 0) is 11.3 Å². The average Bonchev–Trinajstić information content (AvgIpc) is 3.26. The first kappa shape index (κ1) is 21.0. The van der Waals surface area contributed by atoms with Gasteiger partial charge in [0.1, 0.15) is 5.82 Å². The highest BCUT2D eigenvalue weighted by molar-refractivity contribution is 6.34. The highest BCUT2D eigenvalue weighted by atomic mass is 35.5. The maximum Gasteiger partial charge on any atom is 0.270 e. The standard InChI is InChI=1S/C21H19ClN4O5/c22-17-10-13(26(29)30)7-8-15(17)21(28)25(11-14-4-3-9-31-14)12-19-23-18-6-2-1-5-16(18)20(27)24-19/h1-2,5-8,10,14H,3-4,9,11-12H2,(H,23,24,27)/t14-/m0/s1. The zero-order valence-corrected chi connectivity index (χ0v) is 17.2. The second-order valence-corrected chi connectivity index (χ2v) is 7.68. The quantitative estimate of drug-likeness (QED) is 0.462. The summed E-state index contributed by atoms with van der Waals surface area (Å²) in [7, 11) is 0. The number of para-hydroxylation sites is 1. The third kappa shape index (κ3) is 4.57. The minimum absolute atomic E-state index is 0.0171. The number of fused-ring (bicyclic) bond motifs is 1. The molecule has 1 amide bonds. The van der Waals surface area contributed by atoms with Gasteiger partial charge >= 0.3 is 0 Å². The van der Waals surface area contributed by atoms with E-state index in [2.05, 4.69) is 9.97 Å². The number of nitro groups is 1. The predicted octanol–water partition coefficient (Wildman–Crippen LogP) is 3.31. The van der Waals surface area contributed by atoms with E-state index in [0.29, 0.717) is 23.3 Å². The van der Waals surface area contributed by atoms with Gasteiger partial charge in [0.2, 0.25) is 0 Å². The third-order valence-electron chi connectivity index (χ3n) is 5.13. The first-order valence-electron chi connectivity index (χ1n) is 9.75. The molecule has 1 aliphatic heterocycles. The van der Waals surface area contributed by atoms with Crippen LogP contribution in [0, 0.1) is 10.1 Å². The van der Waals surface area contributed by atoms with Gasteiger partial charge in [0.05, 0.1) is 39.1 Å². The summed E-state index contributed by atoms with van der Waals surface area (Å²) < 4.78 is 5.67. The third-order valence-corrected chi connectivity index (χ3v) is 5.44. The van der Waals surface area contributed by atoms with E-state index >= 15 is 0 Å². The zero-order chi connectivity index (χ0) is 22.0. The lowest BCUT2D eigenvalue weighted by atomic mass is 10.1. The van der Waals surface area contributed by atoms with Gasteiger partial charge in [-0.25, -0.2) is 4.98 Å². The minimum atomic E-state index is -0.575. The van der Waals surface area contributed by atoms with Crippen LogP contribution in [0.2, 0.25) is 5.02 Å². The maximum atomic E-state index is 13.3. The fourth-order valence-corrected chi connectivity index (χ4v) is 3.86. The van der Waals surface area contributed by atoms with Gasteiger partial charge in [0.15, 0.2) is 0 Å². The second-order valence-electron chi connectivity index (χ2n) is 7.27. The van der Waals surface area contributed by atoms with E-state index in [9.17, 15) is 19.7 Å². The number of non-ortho nitro benzene ring substituents is 1. The lowest BCUT2D eigenvalue weighted by molar-refractivity contribution is -0.384. The molecule has 1 fully saturated rings. The van der Waals surface area contributed by atoms with Crippen molar-refractivity contribution in [2.75, 3.05) is 13.2 Å². The number of carbonyl (C=O) groups is 1. The summed E-state index contributed by atoms with van der Waals surface area (Å²) in [6.45, 7) is 0.935. The Morgan fingerprint density at radius 1 is 1.32 bits per heavy atom. The molecule has 0 saturated carbocycles. The number of nitrogens with zero attached hydrogens (tertiary/aromatic N) is 3. The monoisotopic (exact) mass is 442 g/mol. The number of amides is 1. The molecule has 1 N–H and O–H groups in total. The largest absolute Gasteiger partial charge is 0.376 e. The SMILES string of the molecule is O=C(c1ccc([N+](=O)[O-])cc1Cl)N(Cc1nc2ccccc2c(=O)[nH]1)C[C@@H]1CCCO1. The van der Waals surface area contributed by atoms with Crippen molar-refractivity contribution in [3.8, 4) is 0 Å². The van der Waals surface area contributed by atoms with Crippen LogP contribution in [0.15, 0.2) is 47.3 Å². The molecule has 1 saturated heterocycles. The Labute approximate surface area is 181 Å². The molecule has 4 rings (SSSR count). The Kier molecular flexibility index (Phi) is 5.97. The summed E-state index contributed by atoms with van der Waals surface area (Å²) in [6, 6.07) is 10.7. The number of halogens is 1. The molecule has 160 valence electrons. The van der Waals surface area contributed by atoms with Crippen LogP contribution in [0.25, 0.3) is 10.9 Å². The van der Waals surface area contributed by atoms with Crippen LogP contribution in [0.4, 0.5) is 5.69 Å². The number of ether oxygens (including phenoxy) is 1. The van der Waals surface area contributed by atoms with Gasteiger partial charge in [-0.05, 0) is 31.0 Å². The number of H-pyrrole nitrogens is 1. The molecule has 1 aliphatic rings. The zero-order valence-electron chi connectivity index (χ0n) is 16.4. The molecule has 2 heterocycles. The molecule has 0 unspecified atom stereocenters. The number of benzene rings is 2. The lowest BCUT2D eigenvalue weighted by Crippen LogP contribution is -2.38. The van der Waals surface area contributed by atoms with Crippen molar-refractivity contribution in [2.24, 2.45) is 0 Å². The van der Waals surface area contributed by atoms with Gasteiger partial charge in [-0.1, -0.05) is 23.7 Å². The van der Waals surface area contributed by atoms with Crippen molar-refractivity contribution in [3.05, 3.63) is 79.3 Å². The molecule has 1 aromatic heterocycles. The normalized spacial score (nSPS) is 15.8. The molecule has 31 heavy (non-hydrogen) atoms. The molecule has 0 bridgehead atoms. The molecule has 0 spiro atoms. The molecular weight excluding hydrogens is 424 g/mol. The molecule has 9 nitrogen and oxygen atoms in total. The molecule has 0 aliphatic carbocycles. The smallest absolute Gasteiger partial charge is 0.270 e. The van der Waals surface area contributed by atoms with E-state index in [-0.39, 0.29) is 41.0 Å². The highest BCUT2D eigenvalue weighted by Crippen LogP contribution is 2.25. The fourth-order valence-electron chi connectivity index (χ4n) is 3.61. The number of nitrogens with one attached hydrogen (secondary N) is 1. The van der Waals surface area contributed by atoms with Crippen molar-refractivity contribution in [1.82, 2.24) is 14.9 Å². The van der Waals surface area contributed by atoms with Gasteiger partial charge in [-0.3, -0.25) is 19.7 Å². The van der Waals surface area contributed by atoms with Gasteiger partial charge < -0.3 is 14.6 Å². The van der Waals surface area contributed by atoms with Crippen molar-refractivity contribution in [1.29, 1.82) is 0 Å². The summed E-state index contributed by atoms with van der Waals surface area (Å²) >= 11 is 6.18. The number of rotatable bonds is 6. The van der Waals surface area contributed by atoms with E-state index in [4.69, 9.17) is 16.3 Å². The van der Waals surface area contributed by atoms with Gasteiger partial charge in [-0.15, -0.1) is 0 Å². The maximum absolute atomic E-state index is 13.3.